The third-order valence-corrected chi connectivity index (χ3v) is 3.05. The average Bonchev–Trinajstić information content (AvgIpc) is 2.28. The quantitative estimate of drug-likeness (QED) is 0.649. The molecule has 0 saturated heterocycles. The van der Waals surface area contributed by atoms with E-state index in [1.807, 2.05) is 0 Å². The fraction of sp³-hybridized carbons (Fsp3) is 0.250. The third-order valence-electron chi connectivity index (χ3n) is 2.13. The van der Waals surface area contributed by atoms with Gasteiger partial charge in [-0.05, 0) is 24.6 Å². The van der Waals surface area contributed by atoms with Crippen molar-refractivity contribution in [2.24, 2.45) is 0 Å². The van der Waals surface area contributed by atoms with Crippen LogP contribution in [-0.4, -0.2) is 16.8 Å². The molecule has 1 aromatic rings. The van der Waals surface area contributed by atoms with Gasteiger partial charge in [-0.2, -0.15) is 0 Å². The lowest BCUT2D eigenvalue weighted by atomic mass is 10.2. The molecule has 0 unspecified atom stereocenters. The summed E-state index contributed by atoms with van der Waals surface area (Å²) in [6.07, 6.45) is 2.02. The Morgan fingerprint density at radius 2 is 2.12 bits per heavy atom. The van der Waals surface area contributed by atoms with Crippen LogP contribution in [0.3, 0.4) is 0 Å². The van der Waals surface area contributed by atoms with Crippen LogP contribution in [0.5, 0.6) is 0 Å². The Morgan fingerprint density at radius 3 is 2.65 bits per heavy atom. The van der Waals surface area contributed by atoms with Gasteiger partial charge in [0.25, 0.3) is 0 Å². The van der Waals surface area contributed by atoms with E-state index in [0.717, 1.165) is 12.1 Å². The molecule has 0 aliphatic rings. The summed E-state index contributed by atoms with van der Waals surface area (Å²) >= 11 is 1.26. The Labute approximate surface area is 102 Å². The summed E-state index contributed by atoms with van der Waals surface area (Å²) in [5.74, 6) is -2.31. The first-order valence-corrected chi connectivity index (χ1v) is 6.03. The first-order valence-electron chi connectivity index (χ1n) is 5.04. The molecule has 0 amide bonds. The van der Waals surface area contributed by atoms with Crippen molar-refractivity contribution in [1.29, 1.82) is 0 Å². The molecule has 0 heterocycles. The summed E-state index contributed by atoms with van der Waals surface area (Å²) < 4.78 is 25.5. The van der Waals surface area contributed by atoms with Crippen molar-refractivity contribution in [2.75, 3.05) is 5.75 Å². The van der Waals surface area contributed by atoms with E-state index in [4.69, 9.17) is 5.11 Å². The van der Waals surface area contributed by atoms with Gasteiger partial charge in [-0.15, -0.1) is 11.8 Å². The second-order valence-electron chi connectivity index (χ2n) is 3.27. The van der Waals surface area contributed by atoms with E-state index in [-0.39, 0.29) is 0 Å². The Kier molecular flexibility index (Phi) is 5.15. The summed E-state index contributed by atoms with van der Waals surface area (Å²) in [6, 6.07) is 3.61. The first-order chi connectivity index (χ1) is 8.04. The molecule has 0 aliphatic carbocycles. The van der Waals surface area contributed by atoms with Crippen molar-refractivity contribution in [3.05, 3.63) is 41.5 Å². The molecular formula is C12H12F2O2S. The number of hydrogen-bond acceptors (Lipinski definition) is 2. The van der Waals surface area contributed by atoms with Crippen molar-refractivity contribution < 1.29 is 18.7 Å². The van der Waals surface area contributed by atoms with Gasteiger partial charge in [0.1, 0.15) is 0 Å². The van der Waals surface area contributed by atoms with Crippen LogP contribution in [0.15, 0.2) is 34.7 Å². The van der Waals surface area contributed by atoms with Crippen molar-refractivity contribution in [1.82, 2.24) is 0 Å². The predicted molar refractivity (Wildman–Crippen MR) is 63.1 cm³/mol. The van der Waals surface area contributed by atoms with E-state index >= 15 is 0 Å². The average molecular weight is 258 g/mol. The van der Waals surface area contributed by atoms with Gasteiger partial charge in [0.15, 0.2) is 11.6 Å². The number of carboxylic acids is 1. The zero-order chi connectivity index (χ0) is 12.8. The van der Waals surface area contributed by atoms with Gasteiger partial charge in [0.2, 0.25) is 0 Å². The second kappa shape index (κ2) is 6.39. The first kappa shape index (κ1) is 13.7. The van der Waals surface area contributed by atoms with E-state index in [1.54, 1.807) is 13.0 Å². The Balaban J connectivity index is 2.61. The number of thioether (sulfide) groups is 1. The van der Waals surface area contributed by atoms with Gasteiger partial charge in [-0.25, -0.2) is 13.6 Å². The van der Waals surface area contributed by atoms with Crippen LogP contribution in [0.4, 0.5) is 8.78 Å². The standard InChI is InChI=1S/C12H12F2O2S/c1-2-8(12(15)16)5-6-17-9-3-4-10(13)11(14)7-9/h3-5,7H,2,6H2,1H3,(H,15,16). The molecule has 1 N–H and O–H groups in total. The normalized spacial score (nSPS) is 11.6. The number of carbonyl (C=O) groups is 1. The van der Waals surface area contributed by atoms with Gasteiger partial charge >= 0.3 is 5.97 Å². The van der Waals surface area contributed by atoms with Crippen molar-refractivity contribution >= 4 is 17.7 Å². The summed E-state index contributed by atoms with van der Waals surface area (Å²) in [7, 11) is 0. The van der Waals surface area contributed by atoms with E-state index in [1.165, 1.54) is 17.8 Å². The zero-order valence-corrected chi connectivity index (χ0v) is 10.1. The number of aliphatic carboxylic acids is 1. The molecule has 0 saturated carbocycles. The lowest BCUT2D eigenvalue weighted by Gasteiger charge is -2.01. The summed E-state index contributed by atoms with van der Waals surface area (Å²) in [5, 5.41) is 8.76. The van der Waals surface area contributed by atoms with Crippen LogP contribution in [0.25, 0.3) is 0 Å². The van der Waals surface area contributed by atoms with Crippen LogP contribution >= 0.6 is 11.8 Å². The SMILES string of the molecule is CCC(=CCSc1ccc(F)c(F)c1)C(=O)O. The van der Waals surface area contributed by atoms with Crippen LogP contribution in [0, 0.1) is 11.6 Å². The minimum Gasteiger partial charge on any atom is -0.478 e. The Morgan fingerprint density at radius 1 is 1.41 bits per heavy atom. The lowest BCUT2D eigenvalue weighted by Crippen LogP contribution is -1.99. The van der Waals surface area contributed by atoms with Crippen LogP contribution < -0.4 is 0 Å². The highest BCUT2D eigenvalue weighted by Crippen LogP contribution is 2.21. The molecule has 0 fully saturated rings. The topological polar surface area (TPSA) is 37.3 Å². The predicted octanol–water partition coefficient (Wildman–Crippen LogP) is 3.48. The number of hydrogen-bond donors (Lipinski definition) is 1. The van der Waals surface area contributed by atoms with Crippen molar-refractivity contribution in [3.8, 4) is 0 Å². The summed E-state index contributed by atoms with van der Waals surface area (Å²) in [4.78, 5) is 11.3. The van der Waals surface area contributed by atoms with E-state index in [9.17, 15) is 13.6 Å². The Hall–Kier alpha value is -1.36. The van der Waals surface area contributed by atoms with Gasteiger partial charge < -0.3 is 5.11 Å². The minimum absolute atomic E-state index is 0.320. The van der Waals surface area contributed by atoms with Gasteiger partial charge in [0.05, 0.1) is 0 Å². The van der Waals surface area contributed by atoms with Crippen molar-refractivity contribution in [2.45, 2.75) is 18.2 Å². The maximum atomic E-state index is 12.9. The molecule has 0 radical (unpaired) electrons. The smallest absolute Gasteiger partial charge is 0.331 e. The van der Waals surface area contributed by atoms with Crippen LogP contribution in [-0.2, 0) is 4.79 Å². The second-order valence-corrected chi connectivity index (χ2v) is 4.37. The number of halogens is 2. The van der Waals surface area contributed by atoms with E-state index in [0.29, 0.717) is 22.6 Å². The van der Waals surface area contributed by atoms with Crippen molar-refractivity contribution in [3.63, 3.8) is 0 Å². The largest absolute Gasteiger partial charge is 0.478 e. The number of rotatable bonds is 5. The molecule has 5 heteroatoms. The lowest BCUT2D eigenvalue weighted by molar-refractivity contribution is -0.132. The summed E-state index contributed by atoms with van der Waals surface area (Å²) in [5.41, 5.74) is 0.320. The molecule has 0 aromatic heterocycles. The molecule has 0 spiro atoms. The fourth-order valence-electron chi connectivity index (χ4n) is 1.19. The molecule has 1 aromatic carbocycles. The number of carboxylic acid groups (broad SMARTS) is 1. The molecular weight excluding hydrogens is 246 g/mol. The highest BCUT2D eigenvalue weighted by molar-refractivity contribution is 7.99. The highest BCUT2D eigenvalue weighted by atomic mass is 32.2. The zero-order valence-electron chi connectivity index (χ0n) is 9.24. The molecule has 0 aliphatic heterocycles. The molecule has 92 valence electrons. The van der Waals surface area contributed by atoms with Gasteiger partial charge in [0, 0.05) is 16.2 Å². The molecule has 1 rings (SSSR count). The maximum absolute atomic E-state index is 12.9. The van der Waals surface area contributed by atoms with Gasteiger partial charge in [-0.1, -0.05) is 13.0 Å². The van der Waals surface area contributed by atoms with E-state index in [2.05, 4.69) is 0 Å². The fourth-order valence-corrected chi connectivity index (χ4v) is 2.02. The highest BCUT2D eigenvalue weighted by Gasteiger charge is 2.05. The minimum atomic E-state index is -0.946. The molecule has 2 nitrogen and oxygen atoms in total. The van der Waals surface area contributed by atoms with Crippen LogP contribution in [0.1, 0.15) is 13.3 Å². The molecule has 17 heavy (non-hydrogen) atoms. The summed E-state index contributed by atoms with van der Waals surface area (Å²) in [6.45, 7) is 1.75. The Bertz CT molecular complexity index is 444. The maximum Gasteiger partial charge on any atom is 0.331 e. The third kappa shape index (κ3) is 4.19. The monoisotopic (exact) mass is 258 g/mol. The van der Waals surface area contributed by atoms with Crippen LogP contribution in [0.2, 0.25) is 0 Å². The van der Waals surface area contributed by atoms with Gasteiger partial charge in [-0.3, -0.25) is 0 Å². The molecule has 0 bridgehead atoms. The molecule has 0 atom stereocenters. The number of benzene rings is 1. The van der Waals surface area contributed by atoms with E-state index < -0.39 is 17.6 Å².